The summed E-state index contributed by atoms with van der Waals surface area (Å²) in [5.41, 5.74) is -0.333. The minimum absolute atomic E-state index is 0.333. The highest BCUT2D eigenvalue weighted by molar-refractivity contribution is 4.65. The van der Waals surface area contributed by atoms with E-state index in [1.165, 1.54) is 0 Å². The first-order valence-electron chi connectivity index (χ1n) is 1.68. The molecule has 0 unspecified atom stereocenters. The number of aromatic amines is 1. The molecule has 38 valence electrons. The lowest BCUT2D eigenvalue weighted by Crippen LogP contribution is -2.23. The summed E-state index contributed by atoms with van der Waals surface area (Å²) in [5.74, 6) is 4.93. The second-order valence-corrected chi connectivity index (χ2v) is 1.07. The maximum Gasteiger partial charge on any atom is 0.305 e. The zero-order valence-electron chi connectivity index (χ0n) is 3.46. The molecule has 3 N–H and O–H groups in total. The van der Waals surface area contributed by atoms with Crippen LogP contribution in [0.5, 0.6) is 0 Å². The standard InChI is InChI=1S/C2H4N4O/c3-6-2(7)1-4-5-6/h1,5H,3H2. The van der Waals surface area contributed by atoms with Crippen LogP contribution in [0.4, 0.5) is 0 Å². The van der Waals surface area contributed by atoms with Gasteiger partial charge >= 0.3 is 5.56 Å². The summed E-state index contributed by atoms with van der Waals surface area (Å²) in [5, 5.41) is 5.52. The predicted molar refractivity (Wildman–Crippen MR) is 23.0 cm³/mol. The number of hydrogen-bond donors (Lipinski definition) is 2. The van der Waals surface area contributed by atoms with Crippen molar-refractivity contribution >= 4 is 0 Å². The zero-order chi connectivity index (χ0) is 5.28. The molecule has 0 aliphatic heterocycles. The van der Waals surface area contributed by atoms with Crippen LogP contribution in [0.25, 0.3) is 0 Å². The molecule has 1 rings (SSSR count). The van der Waals surface area contributed by atoms with Crippen LogP contribution in [0, 0.1) is 0 Å². The fourth-order valence-electron chi connectivity index (χ4n) is 0.258. The van der Waals surface area contributed by atoms with E-state index in [-0.39, 0.29) is 5.56 Å². The van der Waals surface area contributed by atoms with Gasteiger partial charge in [-0.05, 0) is 0 Å². The molecule has 0 saturated carbocycles. The largest absolute Gasteiger partial charge is 0.320 e. The Labute approximate surface area is 38.7 Å². The molecule has 7 heavy (non-hydrogen) atoms. The van der Waals surface area contributed by atoms with Crippen LogP contribution in [-0.2, 0) is 0 Å². The van der Waals surface area contributed by atoms with E-state index in [1.807, 2.05) is 0 Å². The first-order valence-corrected chi connectivity index (χ1v) is 1.68. The van der Waals surface area contributed by atoms with Crippen molar-refractivity contribution in [3.8, 4) is 0 Å². The quantitative estimate of drug-likeness (QED) is 0.381. The molecule has 0 spiro atoms. The summed E-state index contributed by atoms with van der Waals surface area (Å²) in [4.78, 5) is 11.0. The number of H-pyrrole nitrogens is 1. The monoisotopic (exact) mass is 100 g/mol. The average molecular weight is 100 g/mol. The summed E-state index contributed by atoms with van der Waals surface area (Å²) >= 11 is 0. The Morgan fingerprint density at radius 2 is 2.71 bits per heavy atom. The van der Waals surface area contributed by atoms with Gasteiger partial charge in [-0.3, -0.25) is 4.79 Å². The Morgan fingerprint density at radius 1 is 2.00 bits per heavy atom. The summed E-state index contributed by atoms with van der Waals surface area (Å²) in [6.45, 7) is 0. The molecule has 0 aromatic carbocycles. The molecule has 0 atom stereocenters. The molecule has 0 fully saturated rings. The van der Waals surface area contributed by atoms with E-state index in [1.54, 1.807) is 0 Å². The van der Waals surface area contributed by atoms with Gasteiger partial charge in [0.2, 0.25) is 0 Å². The molecule has 0 amide bonds. The first kappa shape index (κ1) is 3.91. The molecule has 5 heteroatoms. The third-order valence-electron chi connectivity index (χ3n) is 0.578. The zero-order valence-corrected chi connectivity index (χ0v) is 3.46. The van der Waals surface area contributed by atoms with Crippen LogP contribution in [0.2, 0.25) is 0 Å². The van der Waals surface area contributed by atoms with Gasteiger partial charge in [-0.15, -0.1) is 4.79 Å². The first-order chi connectivity index (χ1) is 3.30. The Morgan fingerprint density at radius 3 is 2.86 bits per heavy atom. The second-order valence-electron chi connectivity index (χ2n) is 1.07. The SMILES string of the molecule is Nn1[nH]ncc1=O. The van der Waals surface area contributed by atoms with E-state index in [4.69, 9.17) is 5.84 Å². The van der Waals surface area contributed by atoms with E-state index < -0.39 is 0 Å². The summed E-state index contributed by atoms with van der Waals surface area (Å²) in [6.07, 6.45) is 1.10. The van der Waals surface area contributed by atoms with Crippen molar-refractivity contribution in [1.29, 1.82) is 0 Å². The number of nitrogens with zero attached hydrogens (tertiary/aromatic N) is 2. The fourth-order valence-corrected chi connectivity index (χ4v) is 0.258. The molecule has 1 aromatic rings. The van der Waals surface area contributed by atoms with Gasteiger partial charge in [0, 0.05) is 0 Å². The van der Waals surface area contributed by atoms with Gasteiger partial charge in [-0.1, -0.05) is 0 Å². The maximum absolute atomic E-state index is 10.2. The van der Waals surface area contributed by atoms with E-state index >= 15 is 0 Å². The Kier molecular flexibility index (Phi) is 0.619. The molecule has 1 heterocycles. The van der Waals surface area contributed by atoms with Gasteiger partial charge in [0.05, 0.1) is 0 Å². The van der Waals surface area contributed by atoms with Crippen LogP contribution in [0.15, 0.2) is 11.0 Å². The number of aromatic nitrogens is 3. The average Bonchev–Trinajstić information content (AvgIpc) is 1.91. The topological polar surface area (TPSA) is 76.7 Å². The highest BCUT2D eigenvalue weighted by Crippen LogP contribution is 1.49. The number of nitrogen functional groups attached to an aromatic ring is 1. The minimum atomic E-state index is -0.333. The highest BCUT2D eigenvalue weighted by Gasteiger charge is 1.83. The van der Waals surface area contributed by atoms with E-state index in [2.05, 4.69) is 10.3 Å². The van der Waals surface area contributed by atoms with Crippen LogP contribution < -0.4 is 11.4 Å². The van der Waals surface area contributed by atoms with Gasteiger partial charge in [0.15, 0.2) is 0 Å². The lowest BCUT2D eigenvalue weighted by atomic mass is 10.9. The Balaban J connectivity index is 3.39. The highest BCUT2D eigenvalue weighted by atomic mass is 16.1. The van der Waals surface area contributed by atoms with Gasteiger partial charge in [0.1, 0.15) is 6.20 Å². The van der Waals surface area contributed by atoms with Crippen LogP contribution in [0.3, 0.4) is 0 Å². The maximum atomic E-state index is 10.2. The smallest absolute Gasteiger partial charge is 0.305 e. The fraction of sp³-hybridized carbons (Fsp3) is 0. The minimum Gasteiger partial charge on any atom is -0.320 e. The van der Waals surface area contributed by atoms with Crippen molar-refractivity contribution in [3.63, 3.8) is 0 Å². The number of rotatable bonds is 0. The molecule has 0 saturated heterocycles. The van der Waals surface area contributed by atoms with Crippen molar-refractivity contribution in [3.05, 3.63) is 16.6 Å². The molecule has 1 aromatic heterocycles. The van der Waals surface area contributed by atoms with E-state index in [0.717, 1.165) is 11.0 Å². The lowest BCUT2D eigenvalue weighted by molar-refractivity contribution is 0.746. The molecule has 0 aliphatic rings. The van der Waals surface area contributed by atoms with Gasteiger partial charge in [-0.2, -0.15) is 10.3 Å². The Bertz CT molecular complexity index is 197. The van der Waals surface area contributed by atoms with E-state index in [0.29, 0.717) is 0 Å². The van der Waals surface area contributed by atoms with Gasteiger partial charge in [-0.25, -0.2) is 0 Å². The van der Waals surface area contributed by atoms with E-state index in [9.17, 15) is 4.79 Å². The van der Waals surface area contributed by atoms with Crippen molar-refractivity contribution in [2.75, 3.05) is 5.84 Å². The number of nitrogens with two attached hydrogens (primary N) is 1. The van der Waals surface area contributed by atoms with Crippen molar-refractivity contribution in [2.45, 2.75) is 0 Å². The molecule has 5 nitrogen and oxygen atoms in total. The lowest BCUT2D eigenvalue weighted by Gasteiger charge is -1.78. The molecule has 0 aliphatic carbocycles. The van der Waals surface area contributed by atoms with Crippen LogP contribution in [0.1, 0.15) is 0 Å². The molecular formula is C2H4N4O. The summed E-state index contributed by atoms with van der Waals surface area (Å²) < 4.78 is 0. The van der Waals surface area contributed by atoms with Crippen molar-refractivity contribution < 1.29 is 0 Å². The molecular weight excluding hydrogens is 96.0 g/mol. The summed E-state index contributed by atoms with van der Waals surface area (Å²) in [7, 11) is 0. The third kappa shape index (κ3) is 0.466. The number of hydrogen-bond acceptors (Lipinski definition) is 3. The van der Waals surface area contributed by atoms with Crippen LogP contribution >= 0.6 is 0 Å². The van der Waals surface area contributed by atoms with Gasteiger partial charge < -0.3 is 5.84 Å². The van der Waals surface area contributed by atoms with Crippen LogP contribution in [-0.4, -0.2) is 15.1 Å². The summed E-state index contributed by atoms with van der Waals surface area (Å²) in [6, 6.07) is 0. The predicted octanol–water partition coefficient (Wildman–Crippen LogP) is -1.71. The van der Waals surface area contributed by atoms with Gasteiger partial charge in [0.25, 0.3) is 0 Å². The molecule has 0 bridgehead atoms. The van der Waals surface area contributed by atoms with Crippen molar-refractivity contribution in [2.24, 2.45) is 0 Å². The normalized spacial score (nSPS) is 9.14. The van der Waals surface area contributed by atoms with Crippen molar-refractivity contribution in [1.82, 2.24) is 15.1 Å². The number of nitrogens with one attached hydrogen (secondary N) is 1. The molecule has 0 radical (unpaired) electrons. The Hall–Kier alpha value is -1.26. The third-order valence-corrected chi connectivity index (χ3v) is 0.578. The second kappa shape index (κ2) is 1.11.